The number of phenolic OH excluding ortho intramolecular Hbond substituents is 2. The van der Waals surface area contributed by atoms with Crippen LogP contribution in [-0.2, 0) is 16.5 Å². The Hall–Kier alpha value is -4.11. The summed E-state index contributed by atoms with van der Waals surface area (Å²) < 4.78 is 12.9. The third-order valence-corrected chi connectivity index (χ3v) is 7.06. The molecule has 0 radical (unpaired) electrons. The van der Waals surface area contributed by atoms with Gasteiger partial charge in [0.15, 0.2) is 0 Å². The van der Waals surface area contributed by atoms with Crippen LogP contribution in [0.1, 0.15) is 16.7 Å². The molecule has 5 rings (SSSR count). The lowest BCUT2D eigenvalue weighted by Gasteiger charge is -2.35. The zero-order valence-corrected chi connectivity index (χ0v) is 21.1. The molecule has 0 saturated carbocycles. The maximum Gasteiger partial charge on any atom is 0.216 e. The standard InChI is InChI=1S/C32H27O4P/c33-29-20-10-7-17-26(29)27-18-8-12-22-31(27)35-37-36-32(25-15-5-2-6-16-25,23-24-13-3-1-4-14-24)28-19-9-11-21-30(28)34/h1-22,33-34,37H,23H2. The molecule has 0 saturated heterocycles. The average Bonchev–Trinajstić information content (AvgIpc) is 2.94. The Morgan fingerprint density at radius 3 is 1.84 bits per heavy atom. The van der Waals surface area contributed by atoms with Gasteiger partial charge in [-0.3, -0.25) is 0 Å². The van der Waals surface area contributed by atoms with Gasteiger partial charge in [0.05, 0.1) is 0 Å². The van der Waals surface area contributed by atoms with E-state index in [4.69, 9.17) is 9.05 Å². The van der Waals surface area contributed by atoms with Crippen LogP contribution in [0.3, 0.4) is 0 Å². The van der Waals surface area contributed by atoms with E-state index in [1.54, 1.807) is 24.3 Å². The minimum Gasteiger partial charge on any atom is -0.508 e. The van der Waals surface area contributed by atoms with Crippen molar-refractivity contribution >= 4 is 9.03 Å². The van der Waals surface area contributed by atoms with Crippen LogP contribution in [0.2, 0.25) is 0 Å². The van der Waals surface area contributed by atoms with Crippen LogP contribution in [0.15, 0.2) is 133 Å². The topological polar surface area (TPSA) is 58.9 Å². The van der Waals surface area contributed by atoms with Crippen molar-refractivity contribution in [1.82, 2.24) is 0 Å². The van der Waals surface area contributed by atoms with Crippen molar-refractivity contribution < 1.29 is 19.3 Å². The predicted molar refractivity (Wildman–Crippen MR) is 149 cm³/mol. The summed E-state index contributed by atoms with van der Waals surface area (Å²) in [6.07, 6.45) is 0.493. The van der Waals surface area contributed by atoms with Gasteiger partial charge in [0.25, 0.3) is 0 Å². The van der Waals surface area contributed by atoms with Gasteiger partial charge in [0.2, 0.25) is 9.03 Å². The molecule has 0 aromatic heterocycles. The molecule has 5 aromatic carbocycles. The highest BCUT2D eigenvalue weighted by atomic mass is 31.1. The van der Waals surface area contributed by atoms with Crippen molar-refractivity contribution in [1.29, 1.82) is 0 Å². The quantitative estimate of drug-likeness (QED) is 0.200. The van der Waals surface area contributed by atoms with Gasteiger partial charge in [-0.05, 0) is 29.3 Å². The third kappa shape index (κ3) is 5.36. The van der Waals surface area contributed by atoms with E-state index in [0.717, 1.165) is 16.7 Å². The lowest BCUT2D eigenvalue weighted by atomic mass is 9.81. The largest absolute Gasteiger partial charge is 0.508 e. The molecule has 0 amide bonds. The molecule has 0 aliphatic rings. The lowest BCUT2D eigenvalue weighted by Crippen LogP contribution is -2.32. The number of para-hydroxylation sites is 3. The summed E-state index contributed by atoms with van der Waals surface area (Å²) in [5.74, 6) is 0.933. The summed E-state index contributed by atoms with van der Waals surface area (Å²) in [6, 6.07) is 42.0. The van der Waals surface area contributed by atoms with Gasteiger partial charge in [-0.25, -0.2) is 0 Å². The zero-order chi connectivity index (χ0) is 25.5. The second kappa shape index (κ2) is 11.3. The predicted octanol–water partition coefficient (Wildman–Crippen LogP) is 7.86. The molecule has 0 heterocycles. The Morgan fingerprint density at radius 2 is 1.14 bits per heavy atom. The van der Waals surface area contributed by atoms with Crippen LogP contribution < -0.4 is 4.52 Å². The molecule has 5 heteroatoms. The minimum atomic E-state index is -1.00. The van der Waals surface area contributed by atoms with Crippen molar-refractivity contribution in [2.24, 2.45) is 0 Å². The SMILES string of the molecule is Oc1ccccc1-c1ccccc1OPOC(Cc1ccccc1)(c1ccccc1)c1ccccc1O. The van der Waals surface area contributed by atoms with E-state index in [2.05, 4.69) is 12.1 Å². The maximum atomic E-state index is 11.0. The number of benzene rings is 5. The second-order valence-corrected chi connectivity index (χ2v) is 9.25. The number of aromatic hydroxyl groups is 2. The molecule has 0 aliphatic carbocycles. The maximum absolute atomic E-state index is 11.0. The monoisotopic (exact) mass is 506 g/mol. The highest BCUT2D eigenvalue weighted by molar-refractivity contribution is 7.26. The van der Waals surface area contributed by atoms with Crippen LogP contribution in [0.25, 0.3) is 11.1 Å². The second-order valence-electron chi connectivity index (χ2n) is 8.67. The Kier molecular flexibility index (Phi) is 7.51. The Labute approximate surface area is 218 Å². The van der Waals surface area contributed by atoms with Crippen LogP contribution >= 0.6 is 9.03 Å². The van der Waals surface area contributed by atoms with Crippen molar-refractivity contribution in [3.63, 3.8) is 0 Å². The smallest absolute Gasteiger partial charge is 0.216 e. The van der Waals surface area contributed by atoms with Gasteiger partial charge in [0, 0.05) is 23.1 Å². The summed E-state index contributed by atoms with van der Waals surface area (Å²) in [7, 11) is -0.395. The first-order chi connectivity index (χ1) is 18.2. The van der Waals surface area contributed by atoms with Gasteiger partial charge in [-0.2, -0.15) is 0 Å². The normalized spacial score (nSPS) is 12.9. The summed E-state index contributed by atoms with van der Waals surface area (Å²) in [6.45, 7) is 0. The van der Waals surface area contributed by atoms with Crippen LogP contribution in [0.5, 0.6) is 17.2 Å². The zero-order valence-electron chi connectivity index (χ0n) is 20.1. The van der Waals surface area contributed by atoms with E-state index in [1.807, 2.05) is 97.1 Å². The lowest BCUT2D eigenvalue weighted by molar-refractivity contribution is 0.120. The molecule has 0 aliphatic heterocycles. The highest BCUT2D eigenvalue weighted by Gasteiger charge is 2.38. The summed E-state index contributed by atoms with van der Waals surface area (Å²) in [5.41, 5.74) is 3.08. The molecule has 37 heavy (non-hydrogen) atoms. The van der Waals surface area contributed by atoms with Gasteiger partial charge < -0.3 is 19.3 Å². The molecule has 2 atom stereocenters. The molecule has 184 valence electrons. The van der Waals surface area contributed by atoms with Crippen molar-refractivity contribution in [2.45, 2.75) is 12.0 Å². The fourth-order valence-corrected chi connectivity index (χ4v) is 5.28. The fraction of sp³-hybridized carbons (Fsp3) is 0.0625. The number of hydrogen-bond acceptors (Lipinski definition) is 4. The molecule has 5 aromatic rings. The average molecular weight is 507 g/mol. The van der Waals surface area contributed by atoms with E-state index in [0.29, 0.717) is 23.3 Å². The van der Waals surface area contributed by atoms with Crippen LogP contribution in [-0.4, -0.2) is 10.2 Å². The first-order valence-electron chi connectivity index (χ1n) is 12.0. The number of rotatable bonds is 9. The summed E-state index contributed by atoms with van der Waals surface area (Å²) >= 11 is 0. The molecular formula is C32H27O4P. The molecule has 2 N–H and O–H groups in total. The van der Waals surface area contributed by atoms with Crippen molar-refractivity contribution in [3.05, 3.63) is 150 Å². The minimum absolute atomic E-state index is 0.154. The van der Waals surface area contributed by atoms with Crippen LogP contribution in [0.4, 0.5) is 0 Å². The van der Waals surface area contributed by atoms with E-state index in [-0.39, 0.29) is 11.5 Å². The molecule has 0 spiro atoms. The number of hydrogen-bond donors (Lipinski definition) is 2. The van der Waals surface area contributed by atoms with Crippen molar-refractivity contribution in [3.8, 4) is 28.4 Å². The van der Waals surface area contributed by atoms with E-state index in [9.17, 15) is 10.2 Å². The van der Waals surface area contributed by atoms with Gasteiger partial charge in [-0.15, -0.1) is 0 Å². The fourth-order valence-electron chi connectivity index (χ4n) is 4.53. The Morgan fingerprint density at radius 1 is 0.568 bits per heavy atom. The molecule has 4 nitrogen and oxygen atoms in total. The highest BCUT2D eigenvalue weighted by Crippen LogP contribution is 2.46. The van der Waals surface area contributed by atoms with Gasteiger partial charge in [-0.1, -0.05) is 115 Å². The molecule has 0 fully saturated rings. The van der Waals surface area contributed by atoms with Crippen molar-refractivity contribution in [2.75, 3.05) is 0 Å². The van der Waals surface area contributed by atoms with E-state index < -0.39 is 14.6 Å². The Bertz CT molecular complexity index is 1460. The molecule has 2 unspecified atom stereocenters. The molecular weight excluding hydrogens is 479 g/mol. The summed E-state index contributed by atoms with van der Waals surface area (Å²) in [4.78, 5) is 0. The Balaban J connectivity index is 1.54. The van der Waals surface area contributed by atoms with Gasteiger partial charge >= 0.3 is 0 Å². The first kappa shape index (κ1) is 24.6. The van der Waals surface area contributed by atoms with E-state index in [1.165, 1.54) is 0 Å². The first-order valence-corrected chi connectivity index (χ1v) is 12.8. The number of phenols is 2. The van der Waals surface area contributed by atoms with E-state index >= 15 is 0 Å². The van der Waals surface area contributed by atoms with Gasteiger partial charge in [0.1, 0.15) is 22.8 Å². The molecule has 0 bridgehead atoms. The summed E-state index contributed by atoms with van der Waals surface area (Å²) in [5, 5.41) is 21.4. The van der Waals surface area contributed by atoms with Crippen LogP contribution in [0, 0.1) is 0 Å². The third-order valence-electron chi connectivity index (χ3n) is 6.32.